The molecule has 3 saturated carbocycles. The van der Waals surface area contributed by atoms with Crippen LogP contribution in [0.2, 0.25) is 0 Å². The Morgan fingerprint density at radius 1 is 0.914 bits per heavy atom. The summed E-state index contributed by atoms with van der Waals surface area (Å²) in [5, 5.41) is 15.4. The van der Waals surface area contributed by atoms with E-state index in [1.165, 1.54) is 22.3 Å². The lowest BCUT2D eigenvalue weighted by Crippen LogP contribution is -2.47. The van der Waals surface area contributed by atoms with E-state index in [0.29, 0.717) is 13.0 Å². The zero-order valence-corrected chi connectivity index (χ0v) is 19.5. The van der Waals surface area contributed by atoms with E-state index in [0.717, 1.165) is 19.3 Å². The van der Waals surface area contributed by atoms with Gasteiger partial charge in [0.1, 0.15) is 6.61 Å². The number of rotatable bonds is 7. The van der Waals surface area contributed by atoms with Crippen molar-refractivity contribution in [2.75, 3.05) is 13.2 Å². The molecule has 6 rings (SSSR count). The fraction of sp³-hybridized carbons (Fsp3) is 0.464. The van der Waals surface area contributed by atoms with Crippen LogP contribution in [0.4, 0.5) is 4.79 Å². The van der Waals surface area contributed by atoms with Gasteiger partial charge in [-0.2, -0.15) is 0 Å². The predicted octanol–water partition coefficient (Wildman–Crippen LogP) is 3.78. The summed E-state index contributed by atoms with van der Waals surface area (Å²) in [4.78, 5) is 36.9. The molecule has 0 aliphatic heterocycles. The third-order valence-corrected chi connectivity index (χ3v) is 8.62. The van der Waals surface area contributed by atoms with Crippen LogP contribution in [-0.2, 0) is 14.3 Å². The summed E-state index contributed by atoms with van der Waals surface area (Å²) in [6.45, 7) is 0.642. The number of benzene rings is 2. The van der Waals surface area contributed by atoms with Gasteiger partial charge in [0.2, 0.25) is 5.91 Å². The summed E-state index contributed by atoms with van der Waals surface area (Å²) in [7, 11) is 0. The maximum Gasteiger partial charge on any atom is 0.407 e. The van der Waals surface area contributed by atoms with E-state index in [-0.39, 0.29) is 48.1 Å². The Bertz CT molecular complexity index is 1130. The van der Waals surface area contributed by atoms with Crippen molar-refractivity contribution in [1.82, 2.24) is 10.6 Å². The summed E-state index contributed by atoms with van der Waals surface area (Å²) in [5.74, 6) is -0.964. The number of carboxylic acid groups (broad SMARTS) is 1. The molecule has 3 fully saturated rings. The van der Waals surface area contributed by atoms with Gasteiger partial charge in [0, 0.05) is 24.4 Å². The smallest absolute Gasteiger partial charge is 0.407 e. The van der Waals surface area contributed by atoms with Crippen LogP contribution in [0.5, 0.6) is 0 Å². The Labute approximate surface area is 204 Å². The topological polar surface area (TPSA) is 105 Å². The molecule has 0 saturated heterocycles. The van der Waals surface area contributed by atoms with Crippen LogP contribution >= 0.6 is 0 Å². The average Bonchev–Trinajstić information content (AvgIpc) is 3.19. The highest BCUT2D eigenvalue weighted by atomic mass is 16.5. The van der Waals surface area contributed by atoms with E-state index in [9.17, 15) is 19.5 Å². The Hall–Kier alpha value is -3.35. The minimum Gasteiger partial charge on any atom is -0.481 e. The summed E-state index contributed by atoms with van der Waals surface area (Å²) in [5.41, 5.74) is 4.70. The van der Waals surface area contributed by atoms with E-state index in [1.807, 2.05) is 24.3 Å². The zero-order valence-electron chi connectivity index (χ0n) is 19.5. The number of fused-ring (bicyclic) bond motifs is 5. The molecule has 0 aromatic heterocycles. The zero-order chi connectivity index (χ0) is 24.1. The van der Waals surface area contributed by atoms with Crippen molar-refractivity contribution in [3.63, 3.8) is 0 Å². The van der Waals surface area contributed by atoms with Crippen molar-refractivity contribution in [1.29, 1.82) is 0 Å². The maximum absolute atomic E-state index is 12.7. The highest BCUT2D eigenvalue weighted by Gasteiger charge is 2.53. The molecule has 2 amide bonds. The van der Waals surface area contributed by atoms with Crippen molar-refractivity contribution in [2.24, 2.45) is 29.6 Å². The molecule has 35 heavy (non-hydrogen) atoms. The molecule has 2 aromatic rings. The van der Waals surface area contributed by atoms with E-state index < -0.39 is 18.0 Å². The van der Waals surface area contributed by atoms with Crippen molar-refractivity contribution in [2.45, 2.75) is 37.6 Å². The van der Waals surface area contributed by atoms with Crippen LogP contribution in [0.15, 0.2) is 48.5 Å². The number of hydrogen-bond donors (Lipinski definition) is 3. The van der Waals surface area contributed by atoms with Gasteiger partial charge in [0.25, 0.3) is 0 Å². The highest BCUT2D eigenvalue weighted by Crippen LogP contribution is 2.49. The molecule has 0 heterocycles. The number of carbonyl (C=O) groups is 3. The first kappa shape index (κ1) is 22.1. The lowest BCUT2D eigenvalue weighted by molar-refractivity contribution is -0.144. The molecule has 0 spiro atoms. The lowest BCUT2D eigenvalue weighted by atomic mass is 9.84. The molecule has 2 aromatic carbocycles. The van der Waals surface area contributed by atoms with E-state index >= 15 is 0 Å². The normalized spacial score (nSPS) is 29.8. The summed E-state index contributed by atoms with van der Waals surface area (Å²) in [6.07, 6.45) is 3.07. The molecule has 4 aliphatic carbocycles. The molecule has 0 radical (unpaired) electrons. The molecule has 182 valence electrons. The van der Waals surface area contributed by atoms with Crippen LogP contribution in [-0.4, -0.2) is 42.3 Å². The molecule has 2 bridgehead atoms. The van der Waals surface area contributed by atoms with Crippen molar-refractivity contribution < 1.29 is 24.2 Å². The molecule has 4 aliphatic rings. The number of ether oxygens (including phenoxy) is 1. The van der Waals surface area contributed by atoms with Crippen LogP contribution in [0.3, 0.4) is 0 Å². The third-order valence-electron chi connectivity index (χ3n) is 8.62. The van der Waals surface area contributed by atoms with Gasteiger partial charge in [-0.15, -0.1) is 0 Å². The molecule has 7 nitrogen and oxygen atoms in total. The van der Waals surface area contributed by atoms with Gasteiger partial charge < -0.3 is 20.5 Å². The number of nitrogens with one attached hydrogen (secondary N) is 2. The number of carbonyl (C=O) groups excluding carboxylic acids is 2. The SMILES string of the molecule is O=C(NC[C@H]1C[C@H]1C(=O)NC1C2CCC(C2)C1C(=O)O)OCC1c2ccccc2-c2ccccc21. The number of alkyl carbamates (subject to hydrolysis) is 1. The van der Waals surface area contributed by atoms with Gasteiger partial charge >= 0.3 is 12.1 Å². The minimum atomic E-state index is -0.799. The second-order valence-electron chi connectivity index (χ2n) is 10.5. The fourth-order valence-corrected chi connectivity index (χ4v) is 6.78. The largest absolute Gasteiger partial charge is 0.481 e. The Morgan fingerprint density at radius 3 is 2.26 bits per heavy atom. The second kappa shape index (κ2) is 8.70. The first-order chi connectivity index (χ1) is 17.0. The van der Waals surface area contributed by atoms with Gasteiger partial charge in [-0.1, -0.05) is 48.5 Å². The van der Waals surface area contributed by atoms with Crippen molar-refractivity contribution in [3.8, 4) is 11.1 Å². The van der Waals surface area contributed by atoms with Crippen LogP contribution in [0.1, 0.15) is 42.7 Å². The van der Waals surface area contributed by atoms with Crippen LogP contribution < -0.4 is 10.6 Å². The van der Waals surface area contributed by atoms with Crippen molar-refractivity contribution in [3.05, 3.63) is 59.7 Å². The average molecular weight is 475 g/mol. The first-order valence-corrected chi connectivity index (χ1v) is 12.6. The van der Waals surface area contributed by atoms with Gasteiger partial charge in [-0.25, -0.2) is 4.79 Å². The Morgan fingerprint density at radius 2 is 1.57 bits per heavy atom. The summed E-state index contributed by atoms with van der Waals surface area (Å²) in [6, 6.07) is 16.2. The number of hydrogen-bond acceptors (Lipinski definition) is 4. The Kier molecular flexibility index (Phi) is 5.50. The lowest BCUT2D eigenvalue weighted by Gasteiger charge is -2.29. The standard InChI is InChI=1S/C28H30N2O5/c31-26(30-25-16-10-9-15(11-16)24(25)27(32)33)22-12-17(22)13-29-28(34)35-14-23-20-7-3-1-5-18(20)19-6-2-4-8-21(19)23/h1-8,15-17,22-25H,9-14H2,(H,29,34)(H,30,31)(H,32,33)/t15?,16?,17-,22-,24?,25?/m1/s1. The van der Waals surface area contributed by atoms with Gasteiger partial charge in [0.05, 0.1) is 5.92 Å². The van der Waals surface area contributed by atoms with Crippen LogP contribution in [0, 0.1) is 29.6 Å². The Balaban J connectivity index is 0.985. The molecular formula is C28H30N2O5. The number of amides is 2. The monoisotopic (exact) mass is 474 g/mol. The second-order valence-corrected chi connectivity index (χ2v) is 10.5. The predicted molar refractivity (Wildman–Crippen MR) is 129 cm³/mol. The van der Waals surface area contributed by atoms with Crippen molar-refractivity contribution >= 4 is 18.0 Å². The quantitative estimate of drug-likeness (QED) is 0.567. The van der Waals surface area contributed by atoms with Gasteiger partial charge in [-0.05, 0) is 65.7 Å². The minimum absolute atomic E-state index is 0.0107. The summed E-state index contributed by atoms with van der Waals surface area (Å²) >= 11 is 0. The van der Waals surface area contributed by atoms with E-state index in [4.69, 9.17) is 4.74 Å². The van der Waals surface area contributed by atoms with Gasteiger partial charge in [-0.3, -0.25) is 9.59 Å². The molecule has 3 N–H and O–H groups in total. The van der Waals surface area contributed by atoms with E-state index in [2.05, 4.69) is 34.9 Å². The summed E-state index contributed by atoms with van der Waals surface area (Å²) < 4.78 is 5.58. The molecule has 4 unspecified atom stereocenters. The highest BCUT2D eigenvalue weighted by molar-refractivity contribution is 5.83. The third kappa shape index (κ3) is 3.97. The molecular weight excluding hydrogens is 444 g/mol. The maximum atomic E-state index is 12.7. The van der Waals surface area contributed by atoms with E-state index in [1.54, 1.807) is 0 Å². The van der Waals surface area contributed by atoms with Gasteiger partial charge in [0.15, 0.2) is 0 Å². The first-order valence-electron chi connectivity index (χ1n) is 12.6. The number of aliphatic carboxylic acids is 1. The molecule has 6 atom stereocenters. The van der Waals surface area contributed by atoms with Crippen LogP contribution in [0.25, 0.3) is 11.1 Å². The molecule has 7 heteroatoms. The fourth-order valence-electron chi connectivity index (χ4n) is 6.78. The number of carboxylic acids is 1.